The van der Waals surface area contributed by atoms with Crippen molar-refractivity contribution in [3.63, 3.8) is 0 Å². The van der Waals surface area contributed by atoms with E-state index >= 15 is 0 Å². The number of rotatable bonds is 6. The van der Waals surface area contributed by atoms with Crippen LogP contribution in [0.3, 0.4) is 0 Å². The Balaban J connectivity index is 2.05. The van der Waals surface area contributed by atoms with Gasteiger partial charge in [0.1, 0.15) is 0 Å². The van der Waals surface area contributed by atoms with Crippen LogP contribution in [0.25, 0.3) is 0 Å². The Morgan fingerprint density at radius 1 is 1.11 bits per heavy atom. The van der Waals surface area contributed by atoms with Crippen LogP contribution in [0.2, 0.25) is 0 Å². The van der Waals surface area contributed by atoms with Gasteiger partial charge in [-0.15, -0.1) is 6.58 Å². The molecule has 4 heteroatoms. The maximum Gasteiger partial charge on any atom is 0.336 e. The molecule has 2 aromatic carbocycles. The topological polar surface area (TPSA) is 43.8 Å². The van der Waals surface area contributed by atoms with Crippen LogP contribution < -0.4 is 0 Å². The summed E-state index contributed by atoms with van der Waals surface area (Å²) >= 11 is 0. The van der Waals surface area contributed by atoms with Gasteiger partial charge in [0, 0.05) is 31.7 Å². The molecule has 3 atom stereocenters. The van der Waals surface area contributed by atoms with Gasteiger partial charge in [-0.1, -0.05) is 54.6 Å². The largest absolute Gasteiger partial charge is 0.478 e. The predicted molar refractivity (Wildman–Crippen MR) is 109 cm³/mol. The van der Waals surface area contributed by atoms with E-state index in [4.69, 9.17) is 0 Å². The molecule has 0 aromatic heterocycles. The summed E-state index contributed by atoms with van der Waals surface area (Å²) in [6, 6.07) is 18.2. The lowest BCUT2D eigenvalue weighted by Gasteiger charge is -2.47. The van der Waals surface area contributed by atoms with Crippen LogP contribution >= 0.6 is 0 Å². The van der Waals surface area contributed by atoms with Gasteiger partial charge in [-0.3, -0.25) is 9.80 Å². The molecule has 1 N–H and O–H groups in total. The molecule has 0 aliphatic carbocycles. The van der Waals surface area contributed by atoms with Gasteiger partial charge in [-0.05, 0) is 31.0 Å². The molecular weight excluding hydrogens is 336 g/mol. The number of hydrogen-bond donors (Lipinski definition) is 1. The Hall–Kier alpha value is -2.43. The molecule has 1 heterocycles. The Morgan fingerprint density at radius 3 is 2.44 bits per heavy atom. The third-order valence-electron chi connectivity index (χ3n) is 5.46. The average Bonchev–Trinajstić information content (AvgIpc) is 2.67. The maximum atomic E-state index is 11.9. The van der Waals surface area contributed by atoms with E-state index in [0.717, 1.165) is 30.8 Å². The molecule has 27 heavy (non-hydrogen) atoms. The zero-order valence-corrected chi connectivity index (χ0v) is 16.1. The number of aromatic carboxylic acids is 1. The monoisotopic (exact) mass is 364 g/mol. The molecule has 3 rings (SSSR count). The number of benzene rings is 2. The first-order valence-electron chi connectivity index (χ1n) is 9.50. The van der Waals surface area contributed by atoms with E-state index in [0.29, 0.717) is 17.6 Å². The summed E-state index contributed by atoms with van der Waals surface area (Å²) in [4.78, 5) is 16.8. The number of piperazine rings is 1. The number of carboxylic acids is 1. The molecule has 1 aliphatic rings. The summed E-state index contributed by atoms with van der Waals surface area (Å²) in [5, 5.41) is 9.75. The lowest BCUT2D eigenvalue weighted by atomic mass is 9.90. The van der Waals surface area contributed by atoms with Crippen molar-refractivity contribution in [1.29, 1.82) is 0 Å². The second-order valence-corrected chi connectivity index (χ2v) is 7.34. The number of hydrogen-bond acceptors (Lipinski definition) is 3. The summed E-state index contributed by atoms with van der Waals surface area (Å²) < 4.78 is 0. The first-order valence-corrected chi connectivity index (χ1v) is 9.50. The van der Waals surface area contributed by atoms with Crippen LogP contribution in [0.5, 0.6) is 0 Å². The molecule has 1 aliphatic heterocycles. The zero-order chi connectivity index (χ0) is 19.4. The minimum atomic E-state index is -0.877. The van der Waals surface area contributed by atoms with Crippen LogP contribution in [0.15, 0.2) is 67.3 Å². The summed E-state index contributed by atoms with van der Waals surface area (Å²) in [5.41, 5.74) is 2.36. The zero-order valence-electron chi connectivity index (χ0n) is 16.1. The quantitative estimate of drug-likeness (QED) is 0.785. The van der Waals surface area contributed by atoms with Crippen molar-refractivity contribution in [2.45, 2.75) is 32.0 Å². The van der Waals surface area contributed by atoms with Crippen LogP contribution in [0.1, 0.15) is 41.4 Å². The normalized spacial score (nSPS) is 22.3. The van der Waals surface area contributed by atoms with E-state index in [9.17, 15) is 9.90 Å². The van der Waals surface area contributed by atoms with Crippen molar-refractivity contribution in [3.05, 3.63) is 83.9 Å². The van der Waals surface area contributed by atoms with E-state index in [2.05, 4.69) is 42.4 Å². The van der Waals surface area contributed by atoms with Crippen molar-refractivity contribution in [1.82, 2.24) is 9.80 Å². The number of nitrogens with zero attached hydrogens (tertiary/aromatic N) is 2. The highest BCUT2D eigenvalue weighted by molar-refractivity contribution is 5.89. The van der Waals surface area contributed by atoms with Gasteiger partial charge in [0.2, 0.25) is 0 Å². The summed E-state index contributed by atoms with van der Waals surface area (Å²) in [6.07, 6.45) is 1.95. The fourth-order valence-electron chi connectivity index (χ4n) is 4.12. The first kappa shape index (κ1) is 19.3. The minimum absolute atomic E-state index is 0.0816. The van der Waals surface area contributed by atoms with Crippen LogP contribution in [0.4, 0.5) is 0 Å². The van der Waals surface area contributed by atoms with Crippen LogP contribution in [0, 0.1) is 0 Å². The number of carbonyl (C=O) groups is 1. The summed E-state index contributed by atoms with van der Waals surface area (Å²) in [7, 11) is 0. The van der Waals surface area contributed by atoms with Crippen LogP contribution in [-0.4, -0.2) is 52.6 Å². The van der Waals surface area contributed by atoms with Gasteiger partial charge in [-0.25, -0.2) is 4.79 Å². The molecule has 1 fully saturated rings. The highest BCUT2D eigenvalue weighted by atomic mass is 16.4. The molecular formula is C23H28N2O2. The molecule has 0 amide bonds. The second kappa shape index (κ2) is 8.51. The van der Waals surface area contributed by atoms with Crippen LogP contribution in [-0.2, 0) is 0 Å². The Morgan fingerprint density at radius 2 is 1.78 bits per heavy atom. The third kappa shape index (κ3) is 4.12. The highest BCUT2D eigenvalue weighted by Crippen LogP contribution is 2.34. The van der Waals surface area contributed by atoms with E-state index < -0.39 is 5.97 Å². The highest BCUT2D eigenvalue weighted by Gasteiger charge is 2.35. The minimum Gasteiger partial charge on any atom is -0.478 e. The smallest absolute Gasteiger partial charge is 0.336 e. The average molecular weight is 364 g/mol. The fraction of sp³-hybridized carbons (Fsp3) is 0.348. The SMILES string of the molecule is C=CCN1C[C@H](C)N([C@H](c2ccccc2)c2ccccc2C(=O)O)C[C@H]1C. The van der Waals surface area contributed by atoms with Crippen molar-refractivity contribution in [2.75, 3.05) is 19.6 Å². The lowest BCUT2D eigenvalue weighted by Crippen LogP contribution is -2.57. The van der Waals surface area contributed by atoms with Gasteiger partial charge in [0.05, 0.1) is 11.6 Å². The fourth-order valence-corrected chi connectivity index (χ4v) is 4.12. The second-order valence-electron chi connectivity index (χ2n) is 7.34. The van der Waals surface area contributed by atoms with Crippen molar-refractivity contribution >= 4 is 5.97 Å². The van der Waals surface area contributed by atoms with Crippen molar-refractivity contribution < 1.29 is 9.90 Å². The van der Waals surface area contributed by atoms with Crippen molar-refractivity contribution in [2.24, 2.45) is 0 Å². The van der Waals surface area contributed by atoms with Gasteiger partial charge in [-0.2, -0.15) is 0 Å². The molecule has 142 valence electrons. The van der Waals surface area contributed by atoms with Gasteiger partial charge in [0.25, 0.3) is 0 Å². The summed E-state index contributed by atoms with van der Waals surface area (Å²) in [6.45, 7) is 11.0. The van der Waals surface area contributed by atoms with E-state index in [1.807, 2.05) is 36.4 Å². The van der Waals surface area contributed by atoms with Gasteiger partial charge in [0.15, 0.2) is 0 Å². The van der Waals surface area contributed by atoms with Gasteiger partial charge < -0.3 is 5.11 Å². The van der Waals surface area contributed by atoms with E-state index in [1.165, 1.54) is 0 Å². The van der Waals surface area contributed by atoms with E-state index in [1.54, 1.807) is 12.1 Å². The summed E-state index contributed by atoms with van der Waals surface area (Å²) in [5.74, 6) is -0.877. The van der Waals surface area contributed by atoms with Crippen molar-refractivity contribution in [3.8, 4) is 0 Å². The molecule has 4 nitrogen and oxygen atoms in total. The first-order chi connectivity index (χ1) is 13.0. The molecule has 0 saturated carbocycles. The Kier molecular flexibility index (Phi) is 6.09. The maximum absolute atomic E-state index is 11.9. The predicted octanol–water partition coefficient (Wildman–Crippen LogP) is 4.05. The Bertz CT molecular complexity index is 790. The van der Waals surface area contributed by atoms with E-state index in [-0.39, 0.29) is 6.04 Å². The molecule has 1 saturated heterocycles. The third-order valence-corrected chi connectivity index (χ3v) is 5.46. The Labute approximate surface area is 161 Å². The van der Waals surface area contributed by atoms with Gasteiger partial charge >= 0.3 is 5.97 Å². The molecule has 0 bridgehead atoms. The molecule has 0 spiro atoms. The number of carboxylic acid groups (broad SMARTS) is 1. The molecule has 2 aromatic rings. The molecule has 0 radical (unpaired) electrons. The molecule has 0 unspecified atom stereocenters. The standard InChI is InChI=1S/C23H28N2O2/c1-4-14-24-15-18(3)25(16-17(24)2)22(19-10-6-5-7-11-19)20-12-8-9-13-21(20)23(26)27/h4-13,17-18,22H,1,14-16H2,2-3H3,(H,26,27)/t17-,18+,22-/m1/s1. The lowest BCUT2D eigenvalue weighted by molar-refractivity contribution is 0.0301.